The van der Waals surface area contributed by atoms with Crippen LogP contribution in [0.3, 0.4) is 0 Å². The third-order valence-electron chi connectivity index (χ3n) is 4.32. The summed E-state index contributed by atoms with van der Waals surface area (Å²) >= 11 is 0. The Morgan fingerprint density at radius 2 is 1.74 bits per heavy atom. The molecule has 130 valence electrons. The fraction of sp³-hybridized carbons (Fsp3) is 0.571. The third kappa shape index (κ3) is 3.74. The average Bonchev–Trinajstić information content (AvgIpc) is 2.95. The minimum Gasteiger partial charge on any atom is -0.329 e. The summed E-state index contributed by atoms with van der Waals surface area (Å²) in [6.07, 6.45) is 3.32. The lowest BCUT2D eigenvalue weighted by molar-refractivity contribution is 0.399. The molecule has 0 spiro atoms. The topological polar surface area (TPSA) is 118 Å². The van der Waals surface area contributed by atoms with Crippen molar-refractivity contribution >= 4 is 20.0 Å². The van der Waals surface area contributed by atoms with Gasteiger partial charge in [-0.25, -0.2) is 26.3 Å². The largest absolute Gasteiger partial charge is 0.329 e. The minimum atomic E-state index is -3.75. The Morgan fingerprint density at radius 3 is 2.22 bits per heavy atom. The van der Waals surface area contributed by atoms with Crippen molar-refractivity contribution in [2.24, 2.45) is 5.73 Å². The van der Waals surface area contributed by atoms with Gasteiger partial charge in [0.2, 0.25) is 20.0 Å². The molecule has 0 bridgehead atoms. The zero-order chi connectivity index (χ0) is 17.3. The van der Waals surface area contributed by atoms with Gasteiger partial charge in [-0.1, -0.05) is 12.8 Å². The van der Waals surface area contributed by atoms with Crippen LogP contribution in [0.5, 0.6) is 0 Å². The second kappa shape index (κ2) is 6.48. The van der Waals surface area contributed by atoms with Crippen LogP contribution < -0.4 is 15.2 Å². The molecule has 2 rings (SSSR count). The SMILES string of the molecule is CNS(=O)(=O)c1ccc(S(=O)(=O)NC2(CN)CCCC2)cc1C. The number of benzene rings is 1. The predicted octanol–water partition coefficient (Wildman–Crippen LogP) is 0.453. The molecule has 1 fully saturated rings. The van der Waals surface area contributed by atoms with Gasteiger partial charge in [0.15, 0.2) is 0 Å². The molecular formula is C14H23N3O4S2. The highest BCUT2D eigenvalue weighted by atomic mass is 32.2. The number of hydrogen-bond acceptors (Lipinski definition) is 5. The van der Waals surface area contributed by atoms with Crippen LogP contribution in [0.15, 0.2) is 28.0 Å². The van der Waals surface area contributed by atoms with E-state index in [1.807, 2.05) is 0 Å². The first-order valence-electron chi connectivity index (χ1n) is 7.44. The molecule has 23 heavy (non-hydrogen) atoms. The normalized spacial score (nSPS) is 18.2. The summed E-state index contributed by atoms with van der Waals surface area (Å²) in [5.74, 6) is 0. The Kier molecular flexibility index (Phi) is 5.17. The summed E-state index contributed by atoms with van der Waals surface area (Å²) in [7, 11) is -6.05. The Balaban J connectivity index is 2.36. The molecule has 1 aromatic rings. The van der Waals surface area contributed by atoms with Gasteiger partial charge in [0.1, 0.15) is 0 Å². The lowest BCUT2D eigenvalue weighted by Crippen LogP contribution is -2.51. The summed E-state index contributed by atoms with van der Waals surface area (Å²) in [6.45, 7) is 1.81. The fourth-order valence-corrected chi connectivity index (χ4v) is 5.45. The van der Waals surface area contributed by atoms with Crippen molar-refractivity contribution in [2.45, 2.75) is 47.9 Å². The van der Waals surface area contributed by atoms with Crippen molar-refractivity contribution in [2.75, 3.05) is 13.6 Å². The van der Waals surface area contributed by atoms with Crippen LogP contribution in [-0.4, -0.2) is 36.0 Å². The van der Waals surface area contributed by atoms with Crippen molar-refractivity contribution in [3.63, 3.8) is 0 Å². The summed E-state index contributed by atoms with van der Waals surface area (Å²) in [5.41, 5.74) is 5.54. The Morgan fingerprint density at radius 1 is 1.13 bits per heavy atom. The van der Waals surface area contributed by atoms with Crippen molar-refractivity contribution < 1.29 is 16.8 Å². The fourth-order valence-electron chi connectivity index (χ4n) is 2.94. The van der Waals surface area contributed by atoms with E-state index in [1.165, 1.54) is 25.2 Å². The van der Waals surface area contributed by atoms with E-state index in [-0.39, 0.29) is 16.3 Å². The van der Waals surface area contributed by atoms with E-state index in [2.05, 4.69) is 9.44 Å². The van der Waals surface area contributed by atoms with E-state index < -0.39 is 25.6 Å². The van der Waals surface area contributed by atoms with Gasteiger partial charge in [-0.2, -0.15) is 0 Å². The maximum Gasteiger partial charge on any atom is 0.241 e. The Labute approximate surface area is 137 Å². The van der Waals surface area contributed by atoms with Crippen LogP contribution in [-0.2, 0) is 20.0 Å². The molecule has 1 saturated carbocycles. The highest BCUT2D eigenvalue weighted by Gasteiger charge is 2.37. The molecule has 0 aromatic heterocycles. The summed E-state index contributed by atoms with van der Waals surface area (Å²) in [6, 6.07) is 3.98. The number of aryl methyl sites for hydroxylation is 1. The molecule has 0 atom stereocenters. The van der Waals surface area contributed by atoms with E-state index in [4.69, 9.17) is 5.73 Å². The van der Waals surface area contributed by atoms with Crippen LogP contribution in [0, 0.1) is 6.92 Å². The van der Waals surface area contributed by atoms with Crippen LogP contribution in [0.4, 0.5) is 0 Å². The maximum absolute atomic E-state index is 12.6. The third-order valence-corrected chi connectivity index (χ3v) is 7.47. The van der Waals surface area contributed by atoms with Gasteiger partial charge in [-0.15, -0.1) is 0 Å². The van der Waals surface area contributed by atoms with Crippen LogP contribution in [0.2, 0.25) is 0 Å². The van der Waals surface area contributed by atoms with Crippen LogP contribution in [0.25, 0.3) is 0 Å². The van der Waals surface area contributed by atoms with E-state index >= 15 is 0 Å². The molecule has 1 aliphatic rings. The van der Waals surface area contributed by atoms with Gasteiger partial charge in [0, 0.05) is 12.1 Å². The van der Waals surface area contributed by atoms with E-state index in [0.29, 0.717) is 18.4 Å². The number of nitrogens with two attached hydrogens (primary N) is 1. The van der Waals surface area contributed by atoms with Gasteiger partial charge in [0.05, 0.1) is 9.79 Å². The Bertz CT molecular complexity index is 782. The van der Waals surface area contributed by atoms with Crippen LogP contribution in [0.1, 0.15) is 31.2 Å². The highest BCUT2D eigenvalue weighted by Crippen LogP contribution is 2.30. The smallest absolute Gasteiger partial charge is 0.241 e. The zero-order valence-corrected chi connectivity index (χ0v) is 14.9. The molecule has 0 unspecified atom stereocenters. The number of nitrogens with one attached hydrogen (secondary N) is 2. The summed E-state index contributed by atoms with van der Waals surface area (Å²) in [4.78, 5) is 0.109. The van der Waals surface area contributed by atoms with E-state index in [0.717, 1.165) is 12.8 Å². The maximum atomic E-state index is 12.6. The number of sulfonamides is 2. The molecule has 1 aromatic carbocycles. The van der Waals surface area contributed by atoms with Gasteiger partial charge in [-0.05, 0) is 50.6 Å². The van der Waals surface area contributed by atoms with Gasteiger partial charge in [-0.3, -0.25) is 0 Å². The van der Waals surface area contributed by atoms with E-state index in [9.17, 15) is 16.8 Å². The average molecular weight is 361 g/mol. The van der Waals surface area contributed by atoms with Crippen molar-refractivity contribution in [3.8, 4) is 0 Å². The van der Waals surface area contributed by atoms with Crippen molar-refractivity contribution in [3.05, 3.63) is 23.8 Å². The lowest BCUT2D eigenvalue weighted by atomic mass is 10.0. The first-order chi connectivity index (χ1) is 10.7. The predicted molar refractivity (Wildman–Crippen MR) is 88.0 cm³/mol. The van der Waals surface area contributed by atoms with Crippen LogP contribution >= 0.6 is 0 Å². The monoisotopic (exact) mass is 361 g/mol. The van der Waals surface area contributed by atoms with Gasteiger partial charge < -0.3 is 5.73 Å². The molecule has 0 aliphatic heterocycles. The molecule has 4 N–H and O–H groups in total. The van der Waals surface area contributed by atoms with Crippen molar-refractivity contribution in [1.29, 1.82) is 0 Å². The molecule has 1 aliphatic carbocycles. The first-order valence-corrected chi connectivity index (χ1v) is 10.4. The molecular weight excluding hydrogens is 338 g/mol. The highest BCUT2D eigenvalue weighted by molar-refractivity contribution is 7.90. The molecule has 0 radical (unpaired) electrons. The number of rotatable bonds is 6. The van der Waals surface area contributed by atoms with Crippen molar-refractivity contribution in [1.82, 2.24) is 9.44 Å². The quantitative estimate of drug-likeness (QED) is 0.680. The molecule has 0 heterocycles. The van der Waals surface area contributed by atoms with Gasteiger partial charge >= 0.3 is 0 Å². The van der Waals surface area contributed by atoms with E-state index in [1.54, 1.807) is 6.92 Å². The standard InChI is InChI=1S/C14H23N3O4S2/c1-11-9-12(5-6-13(11)23(20,21)16-2)22(18,19)17-14(10-15)7-3-4-8-14/h5-6,9,16-17H,3-4,7-8,10,15H2,1-2H3. The first kappa shape index (κ1) is 18.3. The molecule has 0 amide bonds. The summed E-state index contributed by atoms with van der Waals surface area (Å²) in [5, 5.41) is 0. The van der Waals surface area contributed by atoms with Gasteiger partial charge in [0.25, 0.3) is 0 Å². The molecule has 0 saturated heterocycles. The molecule has 7 nitrogen and oxygen atoms in total. The lowest BCUT2D eigenvalue weighted by Gasteiger charge is -2.28. The second-order valence-corrected chi connectivity index (χ2v) is 9.47. The summed E-state index contributed by atoms with van der Waals surface area (Å²) < 4.78 is 53.9. The molecule has 9 heteroatoms. The minimum absolute atomic E-state index is 0.0461. The number of hydrogen-bond donors (Lipinski definition) is 3. The Hall–Kier alpha value is -1.00. The zero-order valence-electron chi connectivity index (χ0n) is 13.3. The second-order valence-electron chi connectivity index (χ2n) is 5.93.